The van der Waals surface area contributed by atoms with E-state index in [2.05, 4.69) is 34.7 Å². The van der Waals surface area contributed by atoms with E-state index in [4.69, 9.17) is 4.74 Å². The fourth-order valence-corrected chi connectivity index (χ4v) is 3.15. The molecule has 0 radical (unpaired) electrons. The Kier molecular flexibility index (Phi) is 6.30. The van der Waals surface area contributed by atoms with Gasteiger partial charge in [0.05, 0.1) is 5.60 Å². The van der Waals surface area contributed by atoms with Gasteiger partial charge in [0.15, 0.2) is 0 Å². The predicted octanol–water partition coefficient (Wildman–Crippen LogP) is 3.30. The first-order valence-electron chi connectivity index (χ1n) is 6.47. The van der Waals surface area contributed by atoms with Crippen LogP contribution in [0.4, 0.5) is 0 Å². The van der Waals surface area contributed by atoms with E-state index in [9.17, 15) is 0 Å². The average molecular weight is 292 g/mol. The zero-order valence-electron chi connectivity index (χ0n) is 11.0. The van der Waals surface area contributed by atoms with Gasteiger partial charge in [-0.15, -0.1) is 0 Å². The molecule has 0 aliphatic carbocycles. The number of rotatable bonds is 6. The van der Waals surface area contributed by atoms with Crippen molar-refractivity contribution in [2.24, 2.45) is 5.92 Å². The molecule has 0 aromatic heterocycles. The van der Waals surface area contributed by atoms with Gasteiger partial charge in [-0.2, -0.15) is 0 Å². The molecule has 1 rings (SSSR count). The number of methoxy groups -OCH3 is 1. The zero-order valence-corrected chi connectivity index (χ0v) is 12.6. The maximum absolute atomic E-state index is 5.63. The molecule has 0 saturated carbocycles. The molecule has 0 spiro atoms. The molecule has 1 fully saturated rings. The first kappa shape index (κ1) is 14.5. The minimum atomic E-state index is 0.0847. The second kappa shape index (κ2) is 6.97. The van der Waals surface area contributed by atoms with Crippen molar-refractivity contribution in [1.29, 1.82) is 0 Å². The monoisotopic (exact) mass is 291 g/mol. The SMILES string of the molecule is CCCC(CBr)CN1CCCC(C)(OC)C1. The van der Waals surface area contributed by atoms with Gasteiger partial charge in [0.25, 0.3) is 0 Å². The number of halogens is 1. The number of ether oxygens (including phenoxy) is 1. The van der Waals surface area contributed by atoms with Crippen LogP contribution in [0.15, 0.2) is 0 Å². The van der Waals surface area contributed by atoms with Crippen molar-refractivity contribution in [2.45, 2.75) is 45.1 Å². The van der Waals surface area contributed by atoms with Crippen LogP contribution in [0.5, 0.6) is 0 Å². The van der Waals surface area contributed by atoms with Crippen molar-refractivity contribution in [1.82, 2.24) is 4.90 Å². The second-order valence-corrected chi connectivity index (χ2v) is 5.95. The van der Waals surface area contributed by atoms with E-state index >= 15 is 0 Å². The van der Waals surface area contributed by atoms with Crippen molar-refractivity contribution in [3.63, 3.8) is 0 Å². The maximum atomic E-state index is 5.63. The van der Waals surface area contributed by atoms with E-state index in [0.717, 1.165) is 17.8 Å². The molecule has 0 amide bonds. The molecule has 1 aliphatic heterocycles. The van der Waals surface area contributed by atoms with E-state index in [1.165, 1.54) is 38.8 Å². The number of alkyl halides is 1. The summed E-state index contributed by atoms with van der Waals surface area (Å²) in [6, 6.07) is 0. The molecule has 16 heavy (non-hydrogen) atoms. The molecule has 1 aliphatic rings. The van der Waals surface area contributed by atoms with Crippen molar-refractivity contribution in [3.8, 4) is 0 Å². The van der Waals surface area contributed by atoms with Crippen LogP contribution in [0, 0.1) is 5.92 Å². The van der Waals surface area contributed by atoms with Gasteiger partial charge in [-0.3, -0.25) is 0 Å². The van der Waals surface area contributed by atoms with E-state index in [-0.39, 0.29) is 5.60 Å². The van der Waals surface area contributed by atoms with Gasteiger partial charge >= 0.3 is 0 Å². The van der Waals surface area contributed by atoms with E-state index in [0.29, 0.717) is 0 Å². The summed E-state index contributed by atoms with van der Waals surface area (Å²) in [4.78, 5) is 2.58. The fraction of sp³-hybridized carbons (Fsp3) is 1.00. The zero-order chi connectivity index (χ0) is 12.0. The first-order chi connectivity index (χ1) is 7.63. The summed E-state index contributed by atoms with van der Waals surface area (Å²) in [5.74, 6) is 0.796. The minimum Gasteiger partial charge on any atom is -0.377 e. The summed E-state index contributed by atoms with van der Waals surface area (Å²) in [5, 5.41) is 1.13. The minimum absolute atomic E-state index is 0.0847. The lowest BCUT2D eigenvalue weighted by Crippen LogP contribution is -2.48. The number of hydrogen-bond acceptors (Lipinski definition) is 2. The van der Waals surface area contributed by atoms with Gasteiger partial charge in [0, 0.05) is 25.5 Å². The molecule has 0 aromatic carbocycles. The number of hydrogen-bond donors (Lipinski definition) is 0. The lowest BCUT2D eigenvalue weighted by molar-refractivity contribution is -0.0532. The molecule has 0 bridgehead atoms. The summed E-state index contributed by atoms with van der Waals surface area (Å²) in [7, 11) is 1.84. The molecule has 2 nitrogen and oxygen atoms in total. The smallest absolute Gasteiger partial charge is 0.0777 e. The van der Waals surface area contributed by atoms with Crippen LogP contribution in [0.3, 0.4) is 0 Å². The van der Waals surface area contributed by atoms with Gasteiger partial charge in [-0.1, -0.05) is 29.3 Å². The van der Waals surface area contributed by atoms with Gasteiger partial charge < -0.3 is 9.64 Å². The van der Waals surface area contributed by atoms with Crippen LogP contribution >= 0.6 is 15.9 Å². The quantitative estimate of drug-likeness (QED) is 0.696. The predicted molar refractivity (Wildman–Crippen MR) is 73.3 cm³/mol. The third-order valence-electron chi connectivity index (χ3n) is 3.66. The van der Waals surface area contributed by atoms with E-state index < -0.39 is 0 Å². The fourth-order valence-electron chi connectivity index (χ4n) is 2.62. The average Bonchev–Trinajstić information content (AvgIpc) is 2.29. The van der Waals surface area contributed by atoms with Crippen molar-refractivity contribution < 1.29 is 4.74 Å². The van der Waals surface area contributed by atoms with Gasteiger partial charge in [0.1, 0.15) is 0 Å². The first-order valence-corrected chi connectivity index (χ1v) is 7.59. The van der Waals surface area contributed by atoms with Gasteiger partial charge in [-0.25, -0.2) is 0 Å². The molecule has 1 saturated heterocycles. The maximum Gasteiger partial charge on any atom is 0.0777 e. The number of nitrogens with zero attached hydrogens (tertiary/aromatic N) is 1. The topological polar surface area (TPSA) is 12.5 Å². The second-order valence-electron chi connectivity index (χ2n) is 5.30. The highest BCUT2D eigenvalue weighted by Gasteiger charge is 2.31. The number of likely N-dealkylation sites (tertiary alicyclic amines) is 1. The third kappa shape index (κ3) is 4.34. The van der Waals surface area contributed by atoms with Crippen LogP contribution in [0.2, 0.25) is 0 Å². The molecular weight excluding hydrogens is 266 g/mol. The van der Waals surface area contributed by atoms with Crippen molar-refractivity contribution in [2.75, 3.05) is 32.1 Å². The Morgan fingerprint density at radius 1 is 1.50 bits per heavy atom. The summed E-state index contributed by atoms with van der Waals surface area (Å²) in [6.45, 7) is 8.06. The van der Waals surface area contributed by atoms with Crippen LogP contribution in [0.1, 0.15) is 39.5 Å². The van der Waals surface area contributed by atoms with Crippen LogP contribution in [-0.2, 0) is 4.74 Å². The number of piperidine rings is 1. The van der Waals surface area contributed by atoms with Gasteiger partial charge in [-0.05, 0) is 38.6 Å². The summed E-state index contributed by atoms with van der Waals surface area (Å²) in [5.41, 5.74) is 0.0847. The van der Waals surface area contributed by atoms with E-state index in [1.54, 1.807) is 0 Å². The largest absolute Gasteiger partial charge is 0.377 e. The highest BCUT2D eigenvalue weighted by molar-refractivity contribution is 9.09. The van der Waals surface area contributed by atoms with E-state index in [1.807, 2.05) is 7.11 Å². The Morgan fingerprint density at radius 2 is 2.25 bits per heavy atom. The highest BCUT2D eigenvalue weighted by Crippen LogP contribution is 2.25. The third-order valence-corrected chi connectivity index (χ3v) is 4.58. The van der Waals surface area contributed by atoms with Gasteiger partial charge in [0.2, 0.25) is 0 Å². The molecular formula is C13H26BrNO. The Bertz CT molecular complexity index is 200. The molecule has 2 unspecified atom stereocenters. The molecule has 0 aromatic rings. The molecule has 3 heteroatoms. The lowest BCUT2D eigenvalue weighted by atomic mass is 9.93. The Balaban J connectivity index is 2.41. The Labute approximate surface area is 109 Å². The molecule has 96 valence electrons. The normalized spacial score (nSPS) is 29.2. The van der Waals surface area contributed by atoms with Crippen LogP contribution in [0.25, 0.3) is 0 Å². The van der Waals surface area contributed by atoms with Crippen LogP contribution in [-0.4, -0.2) is 42.6 Å². The highest BCUT2D eigenvalue weighted by atomic mass is 79.9. The van der Waals surface area contributed by atoms with Crippen molar-refractivity contribution >= 4 is 15.9 Å². The summed E-state index contributed by atoms with van der Waals surface area (Å²) < 4.78 is 5.63. The molecule has 1 heterocycles. The summed E-state index contributed by atoms with van der Waals surface area (Å²) in [6.07, 6.45) is 5.08. The Hall–Kier alpha value is 0.400. The molecule has 0 N–H and O–H groups in total. The summed E-state index contributed by atoms with van der Waals surface area (Å²) >= 11 is 3.63. The lowest BCUT2D eigenvalue weighted by Gasteiger charge is -2.40. The molecule has 2 atom stereocenters. The van der Waals surface area contributed by atoms with Crippen LogP contribution < -0.4 is 0 Å². The standard InChI is InChI=1S/C13H26BrNO/c1-4-6-12(9-14)10-15-8-5-7-13(2,11-15)16-3/h12H,4-11H2,1-3H3. The van der Waals surface area contributed by atoms with Crippen molar-refractivity contribution in [3.05, 3.63) is 0 Å². The Morgan fingerprint density at radius 3 is 2.81 bits per heavy atom.